The zero-order valence-electron chi connectivity index (χ0n) is 8.07. The van der Waals surface area contributed by atoms with E-state index in [1.165, 1.54) is 13.0 Å². The second-order valence-electron chi connectivity index (χ2n) is 2.90. The van der Waals surface area contributed by atoms with Crippen molar-refractivity contribution >= 4 is 35.1 Å². The standard InChI is InChI=1S/C8H7Cl2N3O3/c1-3(8(15)16)11-7(14)4-2-5(9)12-13-6(4)10/h2-3H,1H3,(H,11,14)(H,15,16). The van der Waals surface area contributed by atoms with Crippen molar-refractivity contribution < 1.29 is 14.7 Å². The molecule has 1 unspecified atom stereocenters. The van der Waals surface area contributed by atoms with Crippen LogP contribution in [0.4, 0.5) is 0 Å². The SMILES string of the molecule is CC(NC(=O)c1cc(Cl)nnc1Cl)C(=O)O. The Labute approximate surface area is 101 Å². The monoisotopic (exact) mass is 263 g/mol. The summed E-state index contributed by atoms with van der Waals surface area (Å²) in [5.41, 5.74) is -0.0187. The molecule has 1 heterocycles. The van der Waals surface area contributed by atoms with Crippen LogP contribution in [-0.4, -0.2) is 33.2 Å². The lowest BCUT2D eigenvalue weighted by Gasteiger charge is -2.09. The van der Waals surface area contributed by atoms with Crippen LogP contribution in [0, 0.1) is 0 Å². The van der Waals surface area contributed by atoms with Gasteiger partial charge >= 0.3 is 5.97 Å². The Hall–Kier alpha value is -1.40. The van der Waals surface area contributed by atoms with Gasteiger partial charge in [0.05, 0.1) is 5.56 Å². The Bertz CT molecular complexity index is 439. The van der Waals surface area contributed by atoms with Gasteiger partial charge < -0.3 is 10.4 Å². The van der Waals surface area contributed by atoms with Gasteiger partial charge in [-0.05, 0) is 13.0 Å². The lowest BCUT2D eigenvalue weighted by molar-refractivity contribution is -0.138. The van der Waals surface area contributed by atoms with Gasteiger partial charge in [0.15, 0.2) is 10.3 Å². The molecule has 0 aromatic carbocycles. The molecule has 86 valence electrons. The average Bonchev–Trinajstić information content (AvgIpc) is 2.21. The normalized spacial score (nSPS) is 11.9. The van der Waals surface area contributed by atoms with Crippen LogP contribution in [0.1, 0.15) is 17.3 Å². The molecule has 0 spiro atoms. The molecule has 1 atom stereocenters. The van der Waals surface area contributed by atoms with Crippen molar-refractivity contribution in [2.75, 3.05) is 0 Å². The van der Waals surface area contributed by atoms with Crippen LogP contribution in [0.2, 0.25) is 10.3 Å². The highest BCUT2D eigenvalue weighted by atomic mass is 35.5. The van der Waals surface area contributed by atoms with E-state index in [1.807, 2.05) is 0 Å². The van der Waals surface area contributed by atoms with Crippen LogP contribution in [0.3, 0.4) is 0 Å². The zero-order valence-corrected chi connectivity index (χ0v) is 9.58. The predicted molar refractivity (Wildman–Crippen MR) is 56.6 cm³/mol. The number of hydrogen-bond donors (Lipinski definition) is 2. The fourth-order valence-electron chi connectivity index (χ4n) is 0.848. The summed E-state index contributed by atoms with van der Waals surface area (Å²) in [5.74, 6) is -1.82. The summed E-state index contributed by atoms with van der Waals surface area (Å²) in [4.78, 5) is 22.1. The molecule has 6 nitrogen and oxygen atoms in total. The summed E-state index contributed by atoms with van der Waals surface area (Å²) < 4.78 is 0. The second-order valence-corrected chi connectivity index (χ2v) is 3.65. The maximum Gasteiger partial charge on any atom is 0.325 e. The molecule has 0 aliphatic carbocycles. The van der Waals surface area contributed by atoms with Crippen LogP contribution in [0.5, 0.6) is 0 Å². The molecule has 16 heavy (non-hydrogen) atoms. The minimum Gasteiger partial charge on any atom is -0.480 e. The number of aliphatic carboxylic acids is 1. The van der Waals surface area contributed by atoms with Crippen LogP contribution in [0.25, 0.3) is 0 Å². The van der Waals surface area contributed by atoms with Gasteiger partial charge in [-0.25, -0.2) is 0 Å². The van der Waals surface area contributed by atoms with E-state index in [9.17, 15) is 9.59 Å². The number of nitrogens with zero attached hydrogens (tertiary/aromatic N) is 2. The van der Waals surface area contributed by atoms with E-state index in [0.717, 1.165) is 0 Å². The number of halogens is 2. The van der Waals surface area contributed by atoms with Crippen molar-refractivity contribution in [3.8, 4) is 0 Å². The molecular weight excluding hydrogens is 257 g/mol. The molecule has 0 fully saturated rings. The topological polar surface area (TPSA) is 92.2 Å². The lowest BCUT2D eigenvalue weighted by Crippen LogP contribution is -2.38. The van der Waals surface area contributed by atoms with E-state index in [0.29, 0.717) is 0 Å². The maximum atomic E-state index is 11.5. The number of nitrogens with one attached hydrogen (secondary N) is 1. The number of amides is 1. The van der Waals surface area contributed by atoms with Crippen molar-refractivity contribution in [1.82, 2.24) is 15.5 Å². The molecule has 0 saturated heterocycles. The smallest absolute Gasteiger partial charge is 0.325 e. The molecule has 0 aliphatic heterocycles. The van der Waals surface area contributed by atoms with Crippen molar-refractivity contribution in [1.29, 1.82) is 0 Å². The third-order valence-electron chi connectivity index (χ3n) is 1.68. The van der Waals surface area contributed by atoms with Gasteiger partial charge in [0, 0.05) is 0 Å². The highest BCUT2D eigenvalue weighted by Gasteiger charge is 2.18. The van der Waals surface area contributed by atoms with Crippen LogP contribution >= 0.6 is 23.2 Å². The number of rotatable bonds is 3. The van der Waals surface area contributed by atoms with E-state index in [2.05, 4.69) is 15.5 Å². The minimum absolute atomic E-state index is 0.00229. The Morgan fingerprint density at radius 1 is 1.44 bits per heavy atom. The molecule has 8 heteroatoms. The number of carbonyl (C=O) groups excluding carboxylic acids is 1. The highest BCUT2D eigenvalue weighted by Crippen LogP contribution is 2.15. The molecule has 2 N–H and O–H groups in total. The summed E-state index contributed by atoms with van der Waals surface area (Å²) in [6.07, 6.45) is 0. The molecule has 0 bridgehead atoms. The molecule has 0 saturated carbocycles. The number of hydrogen-bond acceptors (Lipinski definition) is 4. The summed E-state index contributed by atoms with van der Waals surface area (Å²) in [6.45, 7) is 1.32. The van der Waals surface area contributed by atoms with Gasteiger partial charge in [-0.1, -0.05) is 23.2 Å². The quantitative estimate of drug-likeness (QED) is 0.849. The van der Waals surface area contributed by atoms with Crippen LogP contribution < -0.4 is 5.32 Å². The van der Waals surface area contributed by atoms with Crippen molar-refractivity contribution in [2.45, 2.75) is 13.0 Å². The molecule has 1 rings (SSSR count). The molecule has 1 aromatic heterocycles. The van der Waals surface area contributed by atoms with E-state index >= 15 is 0 Å². The number of carbonyl (C=O) groups is 2. The van der Waals surface area contributed by atoms with E-state index in [1.54, 1.807) is 0 Å². The minimum atomic E-state index is -1.16. The lowest BCUT2D eigenvalue weighted by atomic mass is 10.2. The van der Waals surface area contributed by atoms with Gasteiger partial charge in [-0.15, -0.1) is 10.2 Å². The number of carboxylic acid groups (broad SMARTS) is 1. The summed E-state index contributed by atoms with van der Waals surface area (Å²) in [5, 5.41) is 17.5. The first-order chi connectivity index (χ1) is 7.41. The van der Waals surface area contributed by atoms with Gasteiger partial charge in [0.25, 0.3) is 5.91 Å². The van der Waals surface area contributed by atoms with Crippen molar-refractivity contribution in [3.05, 3.63) is 21.9 Å². The van der Waals surface area contributed by atoms with Crippen LogP contribution in [0.15, 0.2) is 6.07 Å². The third-order valence-corrected chi connectivity index (χ3v) is 2.15. The van der Waals surface area contributed by atoms with Crippen LogP contribution in [-0.2, 0) is 4.79 Å². The van der Waals surface area contributed by atoms with E-state index in [4.69, 9.17) is 28.3 Å². The second kappa shape index (κ2) is 5.09. The van der Waals surface area contributed by atoms with E-state index in [-0.39, 0.29) is 15.9 Å². The van der Waals surface area contributed by atoms with Crippen molar-refractivity contribution in [2.24, 2.45) is 0 Å². The van der Waals surface area contributed by atoms with Gasteiger partial charge in [-0.3, -0.25) is 9.59 Å². The zero-order chi connectivity index (χ0) is 12.3. The van der Waals surface area contributed by atoms with Gasteiger partial charge in [0.2, 0.25) is 0 Å². The Morgan fingerprint density at radius 2 is 2.06 bits per heavy atom. The Balaban J connectivity index is 2.88. The summed E-state index contributed by atoms with van der Waals surface area (Å²) >= 11 is 11.1. The summed E-state index contributed by atoms with van der Waals surface area (Å²) in [6, 6.07) is 0.177. The fraction of sp³-hybridized carbons (Fsp3) is 0.250. The largest absolute Gasteiger partial charge is 0.480 e. The van der Waals surface area contributed by atoms with Gasteiger partial charge in [-0.2, -0.15) is 0 Å². The molecule has 1 amide bonds. The number of aromatic nitrogens is 2. The number of carboxylic acids is 1. The van der Waals surface area contributed by atoms with Crippen molar-refractivity contribution in [3.63, 3.8) is 0 Å². The predicted octanol–water partition coefficient (Wildman–Crippen LogP) is 0.986. The highest BCUT2D eigenvalue weighted by molar-refractivity contribution is 6.34. The van der Waals surface area contributed by atoms with Gasteiger partial charge in [0.1, 0.15) is 6.04 Å². The maximum absolute atomic E-state index is 11.5. The molecular formula is C8H7Cl2N3O3. The fourth-order valence-corrected chi connectivity index (χ4v) is 1.17. The summed E-state index contributed by atoms with van der Waals surface area (Å²) in [7, 11) is 0. The first-order valence-corrected chi connectivity index (χ1v) is 4.90. The third kappa shape index (κ3) is 3.04. The Morgan fingerprint density at radius 3 is 2.62 bits per heavy atom. The van der Waals surface area contributed by atoms with E-state index < -0.39 is 17.9 Å². The molecule has 1 aromatic rings. The Kier molecular flexibility index (Phi) is 4.03. The first-order valence-electron chi connectivity index (χ1n) is 4.14. The molecule has 0 radical (unpaired) electrons. The molecule has 0 aliphatic rings. The first kappa shape index (κ1) is 12.7. The average molecular weight is 264 g/mol.